The Hall–Kier alpha value is -7.80. The molecular formula is C60H30. The first kappa shape index (κ1) is 30.3. The summed E-state index contributed by atoms with van der Waals surface area (Å²) in [6, 6.07) is 70.0. The van der Waals surface area contributed by atoms with Crippen molar-refractivity contribution in [2.45, 2.75) is 0 Å². The summed E-state index contributed by atoms with van der Waals surface area (Å²) in [5.74, 6) is 0. The van der Waals surface area contributed by atoms with E-state index in [1.807, 2.05) is 0 Å². The maximum absolute atomic E-state index is 2.47. The van der Waals surface area contributed by atoms with E-state index in [-0.39, 0.29) is 0 Å². The highest BCUT2D eigenvalue weighted by molar-refractivity contribution is 6.37. The molecule has 0 aliphatic heterocycles. The smallest absolute Gasteiger partial charge is 0.00139 e. The number of fused-ring (bicyclic) bond motifs is 3. The van der Waals surface area contributed by atoms with Gasteiger partial charge in [-0.25, -0.2) is 0 Å². The maximum atomic E-state index is 2.47. The van der Waals surface area contributed by atoms with Crippen LogP contribution >= 0.6 is 0 Å². The lowest BCUT2D eigenvalue weighted by atomic mass is 9.86. The predicted molar refractivity (Wildman–Crippen MR) is 257 cm³/mol. The van der Waals surface area contributed by atoms with E-state index < -0.39 is 0 Å². The van der Waals surface area contributed by atoms with Crippen molar-refractivity contribution in [2.75, 3.05) is 0 Å². The maximum Gasteiger partial charge on any atom is -0.00139 e. The molecule has 0 saturated carbocycles. The van der Waals surface area contributed by atoms with Crippen LogP contribution in [0.3, 0.4) is 0 Å². The van der Waals surface area contributed by atoms with Gasteiger partial charge in [-0.05, 0) is 182 Å². The third-order valence-corrected chi connectivity index (χ3v) is 14.7. The van der Waals surface area contributed by atoms with Crippen LogP contribution < -0.4 is 0 Å². The molecule has 0 heterocycles. The van der Waals surface area contributed by atoms with E-state index in [1.165, 1.54) is 164 Å². The van der Waals surface area contributed by atoms with Gasteiger partial charge in [0.1, 0.15) is 0 Å². The molecule has 0 heteroatoms. The molecular weight excluding hydrogens is 721 g/mol. The number of hydrogen-bond acceptors (Lipinski definition) is 0. The first-order chi connectivity index (χ1) is 29.7. The Morgan fingerprint density at radius 1 is 0.167 bits per heavy atom. The zero-order chi connectivity index (χ0) is 38.5. The molecule has 0 spiro atoms. The molecule has 270 valence electrons. The summed E-state index contributed by atoms with van der Waals surface area (Å²) in [7, 11) is 0. The molecule has 0 amide bonds. The molecule has 0 nitrogen and oxygen atoms in total. The number of hydrogen-bond donors (Lipinski definition) is 0. The monoisotopic (exact) mass is 750 g/mol. The van der Waals surface area contributed by atoms with Gasteiger partial charge in [0.15, 0.2) is 0 Å². The topological polar surface area (TPSA) is 0 Å². The van der Waals surface area contributed by atoms with Gasteiger partial charge in [0.25, 0.3) is 0 Å². The second kappa shape index (κ2) is 10.2. The summed E-state index contributed by atoms with van der Waals surface area (Å²) in [4.78, 5) is 0. The second-order valence-electron chi connectivity index (χ2n) is 17.4. The number of rotatable bonds is 3. The van der Waals surface area contributed by atoms with Gasteiger partial charge < -0.3 is 0 Å². The van der Waals surface area contributed by atoms with Crippen LogP contribution in [-0.4, -0.2) is 0 Å². The van der Waals surface area contributed by atoms with Crippen LogP contribution in [0.25, 0.3) is 164 Å². The van der Waals surface area contributed by atoms with E-state index in [0.717, 1.165) is 0 Å². The van der Waals surface area contributed by atoms with E-state index in [9.17, 15) is 0 Å². The highest BCUT2D eigenvalue weighted by Gasteiger charge is 2.26. The average molecular weight is 751 g/mol. The molecule has 3 aliphatic carbocycles. The SMILES string of the molecule is c1cc2c3c(c1)ccc1ccc4c(-c5cc(-c6ccc7c8c6ccc6ccc9cccc-7c9c68)cc(-c6ccc7c8c6ccc6ccc9cccc-7c9c68)c5)ccc-2c4c13. The first-order valence-electron chi connectivity index (χ1n) is 21.2. The molecule has 0 saturated heterocycles. The van der Waals surface area contributed by atoms with Crippen LogP contribution in [0.1, 0.15) is 0 Å². The van der Waals surface area contributed by atoms with Gasteiger partial charge in [-0.15, -0.1) is 0 Å². The zero-order valence-corrected chi connectivity index (χ0v) is 32.3. The van der Waals surface area contributed by atoms with E-state index in [2.05, 4.69) is 182 Å². The van der Waals surface area contributed by atoms with Crippen LogP contribution in [-0.2, 0) is 0 Å². The van der Waals surface area contributed by atoms with Crippen LogP contribution in [0.15, 0.2) is 182 Å². The third-order valence-electron chi connectivity index (χ3n) is 14.7. The molecule has 13 aromatic carbocycles. The minimum atomic E-state index is 1.24. The largest absolute Gasteiger partial charge is 0.0610 e. The van der Waals surface area contributed by atoms with Crippen molar-refractivity contribution >= 4 is 97.0 Å². The highest BCUT2D eigenvalue weighted by Crippen LogP contribution is 2.54. The van der Waals surface area contributed by atoms with Gasteiger partial charge in [0, 0.05) is 0 Å². The fourth-order valence-electron chi connectivity index (χ4n) is 12.3. The quantitative estimate of drug-likeness (QED) is 0.158. The van der Waals surface area contributed by atoms with Gasteiger partial charge >= 0.3 is 0 Å². The van der Waals surface area contributed by atoms with Crippen molar-refractivity contribution in [3.8, 4) is 66.8 Å². The van der Waals surface area contributed by atoms with E-state index in [1.54, 1.807) is 0 Å². The van der Waals surface area contributed by atoms with Crippen molar-refractivity contribution in [3.63, 3.8) is 0 Å². The Balaban J connectivity index is 1.01. The molecule has 0 fully saturated rings. The Labute approximate surface area is 344 Å². The minimum absolute atomic E-state index is 1.24. The summed E-state index contributed by atoms with van der Waals surface area (Å²) >= 11 is 0. The molecule has 0 aromatic heterocycles. The van der Waals surface area contributed by atoms with Crippen molar-refractivity contribution in [3.05, 3.63) is 182 Å². The lowest BCUT2D eigenvalue weighted by Crippen LogP contribution is -1.90. The van der Waals surface area contributed by atoms with Crippen LogP contribution in [0.4, 0.5) is 0 Å². The second-order valence-corrected chi connectivity index (χ2v) is 17.4. The van der Waals surface area contributed by atoms with Gasteiger partial charge in [-0.2, -0.15) is 0 Å². The molecule has 0 unspecified atom stereocenters. The molecule has 13 aromatic rings. The summed E-state index contributed by atoms with van der Waals surface area (Å²) in [5.41, 5.74) is 15.6. The Kier molecular flexibility index (Phi) is 5.18. The normalized spacial score (nSPS) is 13.0. The third kappa shape index (κ3) is 3.47. The molecule has 0 bridgehead atoms. The van der Waals surface area contributed by atoms with Crippen molar-refractivity contribution in [2.24, 2.45) is 0 Å². The van der Waals surface area contributed by atoms with Gasteiger partial charge in [0.2, 0.25) is 0 Å². The lowest BCUT2D eigenvalue weighted by molar-refractivity contribution is 1.61. The minimum Gasteiger partial charge on any atom is -0.0610 e. The summed E-state index contributed by atoms with van der Waals surface area (Å²) in [5, 5.41) is 24.3. The van der Waals surface area contributed by atoms with Gasteiger partial charge in [0.05, 0.1) is 0 Å². The zero-order valence-electron chi connectivity index (χ0n) is 32.3. The highest BCUT2D eigenvalue weighted by atomic mass is 14.3. The summed E-state index contributed by atoms with van der Waals surface area (Å²) in [6.45, 7) is 0. The summed E-state index contributed by atoms with van der Waals surface area (Å²) in [6.07, 6.45) is 0. The Morgan fingerprint density at radius 3 is 0.733 bits per heavy atom. The fraction of sp³-hybridized carbons (Fsp3) is 0. The number of benzene rings is 13. The molecule has 0 atom stereocenters. The van der Waals surface area contributed by atoms with E-state index in [4.69, 9.17) is 0 Å². The van der Waals surface area contributed by atoms with Gasteiger partial charge in [-0.3, -0.25) is 0 Å². The molecule has 3 aliphatic rings. The van der Waals surface area contributed by atoms with E-state index >= 15 is 0 Å². The molecule has 16 rings (SSSR count). The molecule has 0 radical (unpaired) electrons. The molecule has 60 heavy (non-hydrogen) atoms. The van der Waals surface area contributed by atoms with Crippen molar-refractivity contribution in [1.82, 2.24) is 0 Å². The van der Waals surface area contributed by atoms with Crippen LogP contribution in [0.2, 0.25) is 0 Å². The van der Waals surface area contributed by atoms with Crippen LogP contribution in [0.5, 0.6) is 0 Å². The van der Waals surface area contributed by atoms with Crippen molar-refractivity contribution in [1.29, 1.82) is 0 Å². The lowest BCUT2D eigenvalue weighted by Gasteiger charge is -2.17. The average Bonchev–Trinajstić information content (AvgIpc) is 3.96. The Bertz CT molecular complexity index is 3820. The standard InChI is InChI=1S/C60H30/c1-4-31-10-13-34-16-19-46-40(22-25-49-43(7-1)52(31)55(34)58(46)49)37-28-38(41-23-26-50-44-8-2-5-32-11-14-35-17-20-47(41)59(50)56(35)53(32)44)30-39(29-37)42-24-27-51-45-9-3-6-33-12-15-36-18-21-48(42)60(51)57(36)54(33)45/h1-30H. The van der Waals surface area contributed by atoms with Crippen molar-refractivity contribution < 1.29 is 0 Å². The fourth-order valence-corrected chi connectivity index (χ4v) is 12.3. The summed E-state index contributed by atoms with van der Waals surface area (Å²) < 4.78 is 0. The Morgan fingerprint density at radius 2 is 0.417 bits per heavy atom. The predicted octanol–water partition coefficient (Wildman–Crippen LogP) is 17.0. The van der Waals surface area contributed by atoms with E-state index in [0.29, 0.717) is 0 Å². The van der Waals surface area contributed by atoms with Gasteiger partial charge in [-0.1, -0.05) is 164 Å². The first-order valence-corrected chi connectivity index (χ1v) is 21.2. The van der Waals surface area contributed by atoms with Crippen LogP contribution in [0, 0.1) is 0 Å². The molecule has 0 N–H and O–H groups in total.